The molecule has 2 rings (SSSR count). The third-order valence-corrected chi connectivity index (χ3v) is 5.44. The average molecular weight is 328 g/mol. The first kappa shape index (κ1) is 18.0. The molecule has 2 atom stereocenters. The highest BCUT2D eigenvalue weighted by Crippen LogP contribution is 2.36. The molecule has 0 saturated carbocycles. The maximum absolute atomic E-state index is 12.5. The molecule has 132 valence electrons. The summed E-state index contributed by atoms with van der Waals surface area (Å²) in [5, 5.41) is 2.96. The fraction of sp³-hybridized carbons (Fsp3) is 0.875. The van der Waals surface area contributed by atoms with Gasteiger partial charge in [-0.3, -0.25) is 4.79 Å². The molecule has 0 unspecified atom stereocenters. The minimum absolute atomic E-state index is 0.0557. The molecule has 0 aromatic carbocycles. The van der Waals surface area contributed by atoms with Crippen LogP contribution in [-0.4, -0.2) is 69.6 Å². The molecule has 7 heteroatoms. The fourth-order valence-corrected chi connectivity index (χ4v) is 3.35. The van der Waals surface area contributed by atoms with Crippen molar-refractivity contribution in [3.63, 3.8) is 0 Å². The molecule has 0 aliphatic carbocycles. The van der Waals surface area contributed by atoms with Crippen LogP contribution in [0.15, 0.2) is 0 Å². The molecule has 2 heterocycles. The second kappa shape index (κ2) is 7.05. The van der Waals surface area contributed by atoms with Gasteiger partial charge in [-0.2, -0.15) is 0 Å². The summed E-state index contributed by atoms with van der Waals surface area (Å²) in [7, 11) is 3.06. The summed E-state index contributed by atoms with van der Waals surface area (Å²) < 4.78 is 15.9. The molecular formula is C16H28N2O5. The molecule has 2 saturated heterocycles. The zero-order valence-electron chi connectivity index (χ0n) is 14.5. The van der Waals surface area contributed by atoms with Crippen LogP contribution in [0, 0.1) is 11.3 Å². The van der Waals surface area contributed by atoms with Crippen LogP contribution in [0.4, 0.5) is 4.79 Å². The molecule has 2 fully saturated rings. The molecule has 0 spiro atoms. The summed E-state index contributed by atoms with van der Waals surface area (Å²) in [4.78, 5) is 26.2. The van der Waals surface area contributed by atoms with Gasteiger partial charge in [-0.15, -0.1) is 0 Å². The summed E-state index contributed by atoms with van der Waals surface area (Å²) in [5.41, 5.74) is -1.01. The first-order valence-electron chi connectivity index (χ1n) is 8.11. The Balaban J connectivity index is 1.93. The Morgan fingerprint density at radius 3 is 2.52 bits per heavy atom. The smallest absolute Gasteiger partial charge is 0.317 e. The zero-order chi connectivity index (χ0) is 17.1. The topological polar surface area (TPSA) is 77.1 Å². The number of ether oxygens (including phenoxy) is 3. The molecule has 0 aromatic heterocycles. The van der Waals surface area contributed by atoms with Crippen molar-refractivity contribution >= 4 is 12.0 Å². The van der Waals surface area contributed by atoms with Crippen LogP contribution in [0.5, 0.6) is 0 Å². The Morgan fingerprint density at radius 1 is 1.30 bits per heavy atom. The van der Waals surface area contributed by atoms with Gasteiger partial charge in [0, 0.05) is 52.8 Å². The average Bonchev–Trinajstić information content (AvgIpc) is 2.89. The number of esters is 1. The molecule has 1 N–H and O–H groups in total. The van der Waals surface area contributed by atoms with Gasteiger partial charge in [0.1, 0.15) is 0 Å². The number of urea groups is 1. The number of nitrogens with one attached hydrogen (secondary N) is 1. The van der Waals surface area contributed by atoms with Crippen LogP contribution in [-0.2, 0) is 19.0 Å². The van der Waals surface area contributed by atoms with E-state index in [1.807, 2.05) is 13.8 Å². The van der Waals surface area contributed by atoms with E-state index in [2.05, 4.69) is 5.32 Å². The van der Waals surface area contributed by atoms with E-state index in [1.165, 1.54) is 7.11 Å². The summed E-state index contributed by atoms with van der Waals surface area (Å²) >= 11 is 0. The van der Waals surface area contributed by atoms with E-state index in [-0.39, 0.29) is 23.5 Å². The third-order valence-electron chi connectivity index (χ3n) is 5.44. The summed E-state index contributed by atoms with van der Waals surface area (Å²) in [5.74, 6) is -0.210. The first-order chi connectivity index (χ1) is 10.9. The Labute approximate surface area is 137 Å². The normalized spacial score (nSPS) is 30.1. The van der Waals surface area contributed by atoms with Gasteiger partial charge in [0.2, 0.25) is 0 Å². The van der Waals surface area contributed by atoms with E-state index >= 15 is 0 Å². The third kappa shape index (κ3) is 3.61. The van der Waals surface area contributed by atoms with Crippen LogP contribution < -0.4 is 5.32 Å². The van der Waals surface area contributed by atoms with Crippen molar-refractivity contribution in [2.75, 3.05) is 47.1 Å². The van der Waals surface area contributed by atoms with E-state index < -0.39 is 5.41 Å². The van der Waals surface area contributed by atoms with Crippen molar-refractivity contribution in [3.05, 3.63) is 0 Å². The van der Waals surface area contributed by atoms with Crippen LogP contribution >= 0.6 is 0 Å². The summed E-state index contributed by atoms with van der Waals surface area (Å²) in [6, 6.07) is -0.160. The zero-order valence-corrected chi connectivity index (χ0v) is 14.5. The number of likely N-dealkylation sites (tertiary alicyclic amines) is 1. The van der Waals surface area contributed by atoms with Crippen LogP contribution in [0.2, 0.25) is 0 Å². The summed E-state index contributed by atoms with van der Waals surface area (Å²) in [6.07, 6.45) is 1.53. The van der Waals surface area contributed by atoms with Crippen molar-refractivity contribution in [1.82, 2.24) is 10.2 Å². The quantitative estimate of drug-likeness (QED) is 0.780. The van der Waals surface area contributed by atoms with Gasteiger partial charge in [-0.05, 0) is 12.8 Å². The number of amides is 2. The number of carbonyl (C=O) groups is 2. The first-order valence-corrected chi connectivity index (χ1v) is 8.11. The Morgan fingerprint density at radius 2 is 1.96 bits per heavy atom. The number of rotatable bonds is 4. The van der Waals surface area contributed by atoms with E-state index in [9.17, 15) is 9.59 Å². The van der Waals surface area contributed by atoms with E-state index in [4.69, 9.17) is 14.2 Å². The minimum atomic E-state index is -0.649. The van der Waals surface area contributed by atoms with Crippen LogP contribution in [0.3, 0.4) is 0 Å². The van der Waals surface area contributed by atoms with Crippen LogP contribution in [0.1, 0.15) is 26.7 Å². The van der Waals surface area contributed by atoms with Crippen molar-refractivity contribution < 1.29 is 23.8 Å². The highest BCUT2D eigenvalue weighted by Gasteiger charge is 2.48. The molecule has 2 aliphatic rings. The molecule has 7 nitrogen and oxygen atoms in total. The van der Waals surface area contributed by atoms with Crippen LogP contribution in [0.25, 0.3) is 0 Å². The summed E-state index contributed by atoms with van der Waals surface area (Å²) in [6.45, 7) is 6.47. The molecule has 2 amide bonds. The van der Waals surface area contributed by atoms with Gasteiger partial charge in [0.25, 0.3) is 0 Å². The number of hydrogen-bond donors (Lipinski definition) is 1. The monoisotopic (exact) mass is 328 g/mol. The molecular weight excluding hydrogens is 300 g/mol. The highest BCUT2D eigenvalue weighted by molar-refractivity contribution is 5.81. The van der Waals surface area contributed by atoms with E-state index in [0.717, 1.165) is 12.8 Å². The number of nitrogens with zero attached hydrogens (tertiary/aromatic N) is 1. The van der Waals surface area contributed by atoms with Gasteiger partial charge in [0.05, 0.1) is 18.1 Å². The second-order valence-corrected chi connectivity index (χ2v) is 6.85. The lowest BCUT2D eigenvalue weighted by atomic mass is 9.81. The SMILES string of the molecule is COC(=O)[C@]1(C)CN(C(=O)NCC2(OC)CCOCC2)C[C@H]1C. The number of hydrogen-bond acceptors (Lipinski definition) is 5. The van der Waals surface area contributed by atoms with Gasteiger partial charge in [0.15, 0.2) is 0 Å². The molecule has 0 radical (unpaired) electrons. The highest BCUT2D eigenvalue weighted by atomic mass is 16.5. The fourth-order valence-electron chi connectivity index (χ4n) is 3.35. The molecule has 0 bridgehead atoms. The predicted octanol–water partition coefficient (Wildman–Crippen LogP) is 1.02. The van der Waals surface area contributed by atoms with Crippen molar-refractivity contribution in [2.45, 2.75) is 32.3 Å². The maximum atomic E-state index is 12.5. The van der Waals surface area contributed by atoms with Crippen molar-refractivity contribution in [2.24, 2.45) is 11.3 Å². The number of carbonyl (C=O) groups excluding carboxylic acids is 2. The molecule has 0 aromatic rings. The number of methoxy groups -OCH3 is 2. The van der Waals surface area contributed by atoms with E-state index in [1.54, 1.807) is 12.0 Å². The second-order valence-electron chi connectivity index (χ2n) is 6.85. The lowest BCUT2D eigenvalue weighted by molar-refractivity contribution is -0.152. The standard InChI is InChI=1S/C16H28N2O5/c1-12-9-18(11-15(12,2)13(19)21-3)14(20)17-10-16(22-4)5-7-23-8-6-16/h12H,5-11H2,1-4H3,(H,17,20)/t12-,15-/m1/s1. The lowest BCUT2D eigenvalue weighted by Crippen LogP contribution is -2.51. The van der Waals surface area contributed by atoms with Gasteiger partial charge >= 0.3 is 12.0 Å². The largest absolute Gasteiger partial charge is 0.469 e. The van der Waals surface area contributed by atoms with Crippen molar-refractivity contribution in [1.29, 1.82) is 0 Å². The van der Waals surface area contributed by atoms with Gasteiger partial charge in [-0.25, -0.2) is 4.79 Å². The molecule has 2 aliphatic heterocycles. The minimum Gasteiger partial charge on any atom is -0.469 e. The van der Waals surface area contributed by atoms with Crippen molar-refractivity contribution in [3.8, 4) is 0 Å². The Hall–Kier alpha value is -1.34. The predicted molar refractivity (Wildman–Crippen MR) is 84.1 cm³/mol. The van der Waals surface area contributed by atoms with Gasteiger partial charge < -0.3 is 24.4 Å². The maximum Gasteiger partial charge on any atom is 0.317 e. The Bertz CT molecular complexity index is 450. The Kier molecular flexibility index (Phi) is 5.52. The van der Waals surface area contributed by atoms with Gasteiger partial charge in [-0.1, -0.05) is 6.92 Å². The molecule has 23 heavy (non-hydrogen) atoms. The lowest BCUT2D eigenvalue weighted by Gasteiger charge is -2.36. The van der Waals surface area contributed by atoms with E-state index in [0.29, 0.717) is 32.8 Å².